The van der Waals surface area contributed by atoms with E-state index in [4.69, 9.17) is 11.5 Å². The molecule has 0 fully saturated rings. The van der Waals surface area contributed by atoms with Crippen molar-refractivity contribution in [2.75, 3.05) is 12.8 Å². The van der Waals surface area contributed by atoms with Gasteiger partial charge in [0.25, 0.3) is 0 Å². The fourth-order valence-electron chi connectivity index (χ4n) is 2.54. The maximum Gasteiger partial charge on any atom is 0.324 e. The second kappa shape index (κ2) is 6.85. The second-order valence-electron chi connectivity index (χ2n) is 6.20. The van der Waals surface area contributed by atoms with Crippen LogP contribution in [0.3, 0.4) is 0 Å². The second-order valence-corrected chi connectivity index (χ2v) is 8.66. The van der Waals surface area contributed by atoms with Crippen LogP contribution in [0.1, 0.15) is 13.8 Å². The predicted molar refractivity (Wildman–Crippen MR) is 97.5 cm³/mol. The van der Waals surface area contributed by atoms with Crippen molar-refractivity contribution in [3.63, 3.8) is 0 Å². The Labute approximate surface area is 147 Å². The van der Waals surface area contributed by atoms with E-state index in [0.717, 1.165) is 7.11 Å². The summed E-state index contributed by atoms with van der Waals surface area (Å²) in [5.41, 5.74) is 13.2. The molecule has 0 bridgehead atoms. The van der Waals surface area contributed by atoms with E-state index in [1.54, 1.807) is 36.4 Å². The first-order valence-electron chi connectivity index (χ1n) is 7.66. The Morgan fingerprint density at radius 2 is 1.68 bits per heavy atom. The number of carbonyl (C=O) groups excluding carboxylic acids is 1. The summed E-state index contributed by atoms with van der Waals surface area (Å²) < 4.78 is 29.7. The number of hydrogen-bond acceptors (Lipinski definition) is 6. The molecule has 1 atom stereocenters. The fourth-order valence-corrected chi connectivity index (χ4v) is 4.35. The van der Waals surface area contributed by atoms with Gasteiger partial charge >= 0.3 is 5.97 Å². The van der Waals surface area contributed by atoms with Crippen molar-refractivity contribution in [1.29, 1.82) is 0 Å². The van der Waals surface area contributed by atoms with E-state index in [2.05, 4.69) is 4.74 Å². The highest BCUT2D eigenvalue weighted by Crippen LogP contribution is 2.38. The molecule has 2 aromatic rings. The SMILES string of the molecule is COC(=O)[C@@H](N)C(C)(C)S(=O)(=O)c1c(N)cccc1-c1ccccc1. The number of nitrogens with two attached hydrogens (primary N) is 2. The average molecular weight is 362 g/mol. The van der Waals surface area contributed by atoms with Gasteiger partial charge in [0, 0.05) is 5.56 Å². The molecule has 0 heterocycles. The van der Waals surface area contributed by atoms with Gasteiger partial charge in [0.1, 0.15) is 6.04 Å². The van der Waals surface area contributed by atoms with Crippen molar-refractivity contribution in [1.82, 2.24) is 0 Å². The molecular weight excluding hydrogens is 340 g/mol. The summed E-state index contributed by atoms with van der Waals surface area (Å²) >= 11 is 0. The normalized spacial score (nSPS) is 13.3. The van der Waals surface area contributed by atoms with Crippen LogP contribution in [0.25, 0.3) is 11.1 Å². The third kappa shape index (κ3) is 3.25. The van der Waals surface area contributed by atoms with Crippen molar-refractivity contribution < 1.29 is 17.9 Å². The maximum absolute atomic E-state index is 13.4. The van der Waals surface area contributed by atoms with E-state index in [-0.39, 0.29) is 10.6 Å². The molecule has 0 aliphatic rings. The van der Waals surface area contributed by atoms with Crippen LogP contribution in [0.4, 0.5) is 5.69 Å². The lowest BCUT2D eigenvalue weighted by Crippen LogP contribution is -2.54. The summed E-state index contributed by atoms with van der Waals surface area (Å²) in [5, 5.41) is 0. The summed E-state index contributed by atoms with van der Waals surface area (Å²) in [6.45, 7) is 2.79. The van der Waals surface area contributed by atoms with Gasteiger partial charge in [-0.1, -0.05) is 42.5 Å². The fraction of sp³-hybridized carbons (Fsp3) is 0.278. The smallest absolute Gasteiger partial charge is 0.324 e. The summed E-state index contributed by atoms with van der Waals surface area (Å²) in [4.78, 5) is 11.8. The van der Waals surface area contributed by atoms with E-state index >= 15 is 0 Å². The minimum absolute atomic E-state index is 0.0365. The minimum Gasteiger partial charge on any atom is -0.468 e. The number of hydrogen-bond donors (Lipinski definition) is 2. The highest BCUT2D eigenvalue weighted by molar-refractivity contribution is 7.93. The molecule has 0 aliphatic heterocycles. The molecule has 2 aromatic carbocycles. The number of sulfone groups is 1. The van der Waals surface area contributed by atoms with Gasteiger partial charge in [-0.3, -0.25) is 4.79 Å². The molecule has 0 saturated heterocycles. The Morgan fingerprint density at radius 3 is 2.24 bits per heavy atom. The molecule has 134 valence electrons. The molecule has 0 radical (unpaired) electrons. The first-order chi connectivity index (χ1) is 11.6. The molecule has 0 aromatic heterocycles. The molecule has 0 aliphatic carbocycles. The van der Waals surface area contributed by atoms with Crippen LogP contribution in [0, 0.1) is 0 Å². The largest absolute Gasteiger partial charge is 0.468 e. The molecule has 25 heavy (non-hydrogen) atoms. The van der Waals surface area contributed by atoms with Gasteiger partial charge in [0.2, 0.25) is 0 Å². The van der Waals surface area contributed by atoms with Gasteiger partial charge in [-0.05, 0) is 25.5 Å². The van der Waals surface area contributed by atoms with Crippen molar-refractivity contribution in [3.8, 4) is 11.1 Å². The molecule has 0 spiro atoms. The van der Waals surface area contributed by atoms with Crippen molar-refractivity contribution in [2.45, 2.75) is 29.5 Å². The van der Waals surface area contributed by atoms with Gasteiger partial charge in [-0.2, -0.15) is 0 Å². The van der Waals surface area contributed by atoms with E-state index in [0.29, 0.717) is 11.1 Å². The Morgan fingerprint density at radius 1 is 1.08 bits per heavy atom. The van der Waals surface area contributed by atoms with Crippen LogP contribution in [0.2, 0.25) is 0 Å². The van der Waals surface area contributed by atoms with Gasteiger partial charge < -0.3 is 16.2 Å². The van der Waals surface area contributed by atoms with E-state index < -0.39 is 26.6 Å². The lowest BCUT2D eigenvalue weighted by molar-refractivity contribution is -0.142. The van der Waals surface area contributed by atoms with Crippen molar-refractivity contribution in [3.05, 3.63) is 48.5 Å². The van der Waals surface area contributed by atoms with Crippen LogP contribution >= 0.6 is 0 Å². The molecule has 6 nitrogen and oxygen atoms in total. The number of ether oxygens (including phenoxy) is 1. The highest BCUT2D eigenvalue weighted by atomic mass is 32.2. The van der Waals surface area contributed by atoms with E-state index in [9.17, 15) is 13.2 Å². The zero-order valence-corrected chi connectivity index (χ0v) is 15.2. The first kappa shape index (κ1) is 19.0. The number of carbonyl (C=O) groups is 1. The molecule has 0 saturated carbocycles. The quantitative estimate of drug-likeness (QED) is 0.621. The van der Waals surface area contributed by atoms with Crippen molar-refractivity contribution >= 4 is 21.5 Å². The van der Waals surface area contributed by atoms with Gasteiger partial charge in [0.15, 0.2) is 9.84 Å². The van der Waals surface area contributed by atoms with Crippen LogP contribution in [0.15, 0.2) is 53.4 Å². The molecule has 2 rings (SSSR count). The summed E-state index contributed by atoms with van der Waals surface area (Å²) in [6, 6.07) is 12.6. The third-order valence-electron chi connectivity index (χ3n) is 4.30. The Bertz CT molecular complexity index is 877. The summed E-state index contributed by atoms with van der Waals surface area (Å²) in [6.07, 6.45) is 0. The number of benzene rings is 2. The first-order valence-corrected chi connectivity index (χ1v) is 9.15. The zero-order chi connectivity index (χ0) is 18.8. The third-order valence-corrected chi connectivity index (χ3v) is 6.93. The Balaban J connectivity index is 2.71. The van der Waals surface area contributed by atoms with E-state index in [1.807, 2.05) is 6.07 Å². The Kier molecular flexibility index (Phi) is 5.20. The van der Waals surface area contributed by atoms with Crippen LogP contribution in [-0.2, 0) is 19.4 Å². The summed E-state index contributed by atoms with van der Waals surface area (Å²) in [7, 11) is -2.89. The molecular formula is C18H22N2O4S. The average Bonchev–Trinajstić information content (AvgIpc) is 2.60. The van der Waals surface area contributed by atoms with Crippen LogP contribution in [-0.4, -0.2) is 32.3 Å². The number of methoxy groups -OCH3 is 1. The number of rotatable bonds is 5. The van der Waals surface area contributed by atoms with Gasteiger partial charge in [-0.25, -0.2) is 8.42 Å². The maximum atomic E-state index is 13.4. The highest BCUT2D eigenvalue weighted by Gasteiger charge is 2.46. The minimum atomic E-state index is -4.05. The Hall–Kier alpha value is -2.38. The van der Waals surface area contributed by atoms with Crippen molar-refractivity contribution in [2.24, 2.45) is 5.73 Å². The lowest BCUT2D eigenvalue weighted by atomic mass is 10.0. The topological polar surface area (TPSA) is 112 Å². The summed E-state index contributed by atoms with van der Waals surface area (Å²) in [5.74, 6) is -0.802. The molecule has 0 unspecified atom stereocenters. The van der Waals surface area contributed by atoms with Gasteiger partial charge in [-0.15, -0.1) is 0 Å². The molecule has 7 heteroatoms. The molecule has 0 amide bonds. The lowest BCUT2D eigenvalue weighted by Gasteiger charge is -2.30. The number of esters is 1. The van der Waals surface area contributed by atoms with E-state index in [1.165, 1.54) is 19.9 Å². The van der Waals surface area contributed by atoms with Crippen LogP contribution in [0.5, 0.6) is 0 Å². The van der Waals surface area contributed by atoms with Gasteiger partial charge in [0.05, 0.1) is 22.4 Å². The van der Waals surface area contributed by atoms with Crippen LogP contribution < -0.4 is 11.5 Å². The standard InChI is InChI=1S/C18H22N2O4S/c1-18(2,16(20)17(21)24-3)25(22,23)15-13(10-7-11-14(15)19)12-8-5-4-6-9-12/h4-11,16H,19-20H2,1-3H3/t16-/m1/s1. The zero-order valence-electron chi connectivity index (χ0n) is 14.4. The number of nitrogen functional groups attached to an aromatic ring is 1. The monoisotopic (exact) mass is 362 g/mol. The molecule has 4 N–H and O–H groups in total. The number of anilines is 1. The predicted octanol–water partition coefficient (Wildman–Crippen LogP) is 1.99.